The van der Waals surface area contributed by atoms with Gasteiger partial charge in [0.25, 0.3) is 5.56 Å². The molecule has 0 spiro atoms. The smallest absolute Gasteiger partial charge is 0.290 e. The molecule has 0 N–H and O–H groups in total. The maximum atomic E-state index is 12.5. The average Bonchev–Trinajstić information content (AvgIpc) is 2.22. The van der Waals surface area contributed by atoms with Crippen LogP contribution < -0.4 is 5.56 Å². The fraction of sp³-hybridized carbons (Fsp3) is 0.250. The quantitative estimate of drug-likeness (QED) is 0.675. The molecule has 2 aromatic heterocycles. The van der Waals surface area contributed by atoms with Gasteiger partial charge in [0.15, 0.2) is 5.52 Å². The van der Waals surface area contributed by atoms with Crippen molar-refractivity contribution in [3.63, 3.8) is 0 Å². The zero-order valence-electron chi connectivity index (χ0n) is 8.29. The fourth-order valence-electron chi connectivity index (χ4n) is 1.29. The van der Waals surface area contributed by atoms with Gasteiger partial charge in [-0.2, -0.15) is 13.2 Å². The maximum Gasteiger partial charge on any atom is 0.449 e. The van der Waals surface area contributed by atoms with E-state index in [9.17, 15) is 18.0 Å². The lowest BCUT2D eigenvalue weighted by Gasteiger charge is -2.10. The number of alkyl halides is 3. The van der Waals surface area contributed by atoms with Crippen molar-refractivity contribution in [2.45, 2.75) is 6.18 Å². The molecule has 0 aliphatic heterocycles. The molecule has 0 atom stereocenters. The van der Waals surface area contributed by atoms with E-state index < -0.39 is 17.6 Å². The van der Waals surface area contributed by atoms with Crippen molar-refractivity contribution < 1.29 is 13.2 Å². The first-order valence-corrected chi connectivity index (χ1v) is 4.65. The topological polar surface area (TPSA) is 60.7 Å². The Hall–Kier alpha value is -1.70. The molecular weight excluding hydrogens is 261 g/mol. The first kappa shape index (κ1) is 11.8. The lowest BCUT2D eigenvalue weighted by Crippen LogP contribution is -2.28. The van der Waals surface area contributed by atoms with Gasteiger partial charge in [0.1, 0.15) is 5.52 Å². The molecule has 0 aliphatic carbocycles. The van der Waals surface area contributed by atoms with E-state index in [1.165, 1.54) is 0 Å². The third-order valence-corrected chi connectivity index (χ3v) is 2.23. The summed E-state index contributed by atoms with van der Waals surface area (Å²) in [5, 5.41) is -0.226. The van der Waals surface area contributed by atoms with Gasteiger partial charge in [-0.05, 0) is 11.6 Å². The van der Waals surface area contributed by atoms with E-state index in [2.05, 4.69) is 15.0 Å². The molecule has 0 amide bonds. The van der Waals surface area contributed by atoms with Crippen LogP contribution in [0.4, 0.5) is 13.2 Å². The second-order valence-corrected chi connectivity index (χ2v) is 3.51. The van der Waals surface area contributed by atoms with Crippen molar-refractivity contribution in [3.8, 4) is 0 Å². The van der Waals surface area contributed by atoms with E-state index >= 15 is 0 Å². The van der Waals surface area contributed by atoms with Gasteiger partial charge in [0.05, 0.1) is 6.20 Å². The maximum absolute atomic E-state index is 12.5. The van der Waals surface area contributed by atoms with Gasteiger partial charge in [0.2, 0.25) is 11.1 Å². The van der Waals surface area contributed by atoms with Crippen LogP contribution in [-0.2, 0) is 13.2 Å². The second-order valence-electron chi connectivity index (χ2n) is 3.17. The molecule has 0 radical (unpaired) electrons. The lowest BCUT2D eigenvalue weighted by atomic mass is 10.4. The van der Waals surface area contributed by atoms with Crippen molar-refractivity contribution in [2.24, 2.45) is 7.05 Å². The van der Waals surface area contributed by atoms with Crippen LogP contribution >= 0.6 is 11.6 Å². The fourth-order valence-corrected chi connectivity index (χ4v) is 1.42. The largest absolute Gasteiger partial charge is 0.449 e. The van der Waals surface area contributed by atoms with Gasteiger partial charge >= 0.3 is 6.18 Å². The Morgan fingerprint density at radius 1 is 1.35 bits per heavy atom. The van der Waals surface area contributed by atoms with Crippen LogP contribution in [0.1, 0.15) is 5.82 Å². The van der Waals surface area contributed by atoms with E-state index in [-0.39, 0.29) is 16.3 Å². The number of nitrogens with zero attached hydrogens (tertiary/aromatic N) is 4. The summed E-state index contributed by atoms with van der Waals surface area (Å²) in [5.41, 5.74) is -1.42. The van der Waals surface area contributed by atoms with Crippen LogP contribution in [0.5, 0.6) is 0 Å². The molecule has 0 aromatic carbocycles. The number of fused-ring (bicyclic) bond motifs is 1. The van der Waals surface area contributed by atoms with E-state index in [1.54, 1.807) is 0 Å². The van der Waals surface area contributed by atoms with Crippen LogP contribution in [0.3, 0.4) is 0 Å². The Kier molecular flexibility index (Phi) is 2.53. The van der Waals surface area contributed by atoms with Gasteiger partial charge < -0.3 is 0 Å². The highest BCUT2D eigenvalue weighted by molar-refractivity contribution is 6.28. The lowest BCUT2D eigenvalue weighted by molar-refractivity contribution is -0.147. The number of aromatic nitrogens is 4. The highest BCUT2D eigenvalue weighted by atomic mass is 35.5. The summed E-state index contributed by atoms with van der Waals surface area (Å²) in [6.07, 6.45) is -3.75. The molecular formula is C8H4ClF3N4O. The van der Waals surface area contributed by atoms with Gasteiger partial charge in [0, 0.05) is 7.05 Å². The van der Waals surface area contributed by atoms with Crippen molar-refractivity contribution in [1.29, 1.82) is 0 Å². The Morgan fingerprint density at radius 2 is 2.00 bits per heavy atom. The molecule has 0 saturated carbocycles. The average molecular weight is 265 g/mol. The first-order chi connectivity index (χ1) is 7.80. The second kappa shape index (κ2) is 3.66. The zero-order valence-corrected chi connectivity index (χ0v) is 9.04. The minimum Gasteiger partial charge on any atom is -0.290 e. The molecule has 0 unspecified atom stereocenters. The molecule has 90 valence electrons. The van der Waals surface area contributed by atoms with Crippen molar-refractivity contribution in [2.75, 3.05) is 0 Å². The molecule has 0 saturated heterocycles. The van der Waals surface area contributed by atoms with Crippen LogP contribution in [0.2, 0.25) is 5.28 Å². The van der Waals surface area contributed by atoms with Crippen molar-refractivity contribution in [1.82, 2.24) is 19.5 Å². The molecule has 2 heterocycles. The number of halogens is 4. The van der Waals surface area contributed by atoms with Crippen LogP contribution in [0, 0.1) is 0 Å². The summed E-state index contributed by atoms with van der Waals surface area (Å²) >= 11 is 5.45. The minimum atomic E-state index is -4.72. The molecule has 2 rings (SSSR count). The number of hydrogen-bond acceptors (Lipinski definition) is 4. The third-order valence-electron chi connectivity index (χ3n) is 2.04. The Morgan fingerprint density at radius 3 is 2.59 bits per heavy atom. The van der Waals surface area contributed by atoms with Crippen LogP contribution in [0.15, 0.2) is 11.0 Å². The highest BCUT2D eigenvalue weighted by Crippen LogP contribution is 2.27. The molecule has 2 aromatic rings. The van der Waals surface area contributed by atoms with Gasteiger partial charge in [-0.1, -0.05) is 0 Å². The van der Waals surface area contributed by atoms with E-state index in [4.69, 9.17) is 11.6 Å². The van der Waals surface area contributed by atoms with Gasteiger partial charge in [-0.15, -0.1) is 0 Å². The van der Waals surface area contributed by atoms with Crippen molar-refractivity contribution >= 4 is 22.6 Å². The first-order valence-electron chi connectivity index (χ1n) is 4.27. The summed E-state index contributed by atoms with van der Waals surface area (Å²) < 4.78 is 38.0. The zero-order chi connectivity index (χ0) is 12.8. The number of hydrogen-bond donors (Lipinski definition) is 0. The van der Waals surface area contributed by atoms with E-state index in [0.717, 1.165) is 13.2 Å². The summed E-state index contributed by atoms with van der Waals surface area (Å²) in [7, 11) is 0.966. The Labute approximate surface area is 96.9 Å². The normalized spacial score (nSPS) is 12.1. The van der Waals surface area contributed by atoms with Gasteiger partial charge in [-0.3, -0.25) is 9.36 Å². The molecule has 17 heavy (non-hydrogen) atoms. The highest BCUT2D eigenvalue weighted by Gasteiger charge is 2.36. The van der Waals surface area contributed by atoms with Crippen LogP contribution in [-0.4, -0.2) is 19.5 Å². The predicted octanol–water partition coefficient (Wildman–Crippen LogP) is 1.40. The Balaban J connectivity index is 2.90. The monoisotopic (exact) mass is 264 g/mol. The molecule has 0 fully saturated rings. The standard InChI is InChI=1S/C8H4ClF3N4O/c1-16-5(17)4-3(2-13-7(9)15-4)14-6(16)8(10,11)12/h2H,1H3. The summed E-state index contributed by atoms with van der Waals surface area (Å²) in [4.78, 5) is 22.0. The Bertz CT molecular complexity index is 651. The third kappa shape index (κ3) is 1.95. The summed E-state index contributed by atoms with van der Waals surface area (Å²) in [6, 6.07) is 0. The molecule has 0 bridgehead atoms. The minimum absolute atomic E-state index is 0.226. The molecule has 0 aliphatic rings. The predicted molar refractivity (Wildman–Crippen MR) is 52.6 cm³/mol. The summed E-state index contributed by atoms with van der Waals surface area (Å²) in [5.74, 6) is -1.30. The SMILES string of the molecule is Cn1c(C(F)(F)F)nc2cnc(Cl)nc2c1=O. The van der Waals surface area contributed by atoms with E-state index in [0.29, 0.717) is 4.57 Å². The van der Waals surface area contributed by atoms with Crippen LogP contribution in [0.25, 0.3) is 11.0 Å². The summed E-state index contributed by atoms with van der Waals surface area (Å²) in [6.45, 7) is 0. The van der Waals surface area contributed by atoms with Gasteiger partial charge in [-0.25, -0.2) is 15.0 Å². The van der Waals surface area contributed by atoms with Crippen molar-refractivity contribution in [3.05, 3.63) is 27.7 Å². The number of rotatable bonds is 0. The molecule has 5 nitrogen and oxygen atoms in total. The molecule has 9 heteroatoms. The van der Waals surface area contributed by atoms with E-state index in [1.807, 2.05) is 0 Å².